The summed E-state index contributed by atoms with van der Waals surface area (Å²) in [4.78, 5) is 2.35. The molecule has 1 aromatic carbocycles. The van der Waals surface area contributed by atoms with Gasteiger partial charge in [0.15, 0.2) is 0 Å². The molecule has 0 aromatic heterocycles. The lowest BCUT2D eigenvalue weighted by Crippen LogP contribution is -2.29. The molecule has 1 N–H and O–H groups in total. The number of benzene rings is 1. The van der Waals surface area contributed by atoms with E-state index in [9.17, 15) is 5.11 Å². The predicted octanol–water partition coefficient (Wildman–Crippen LogP) is 3.29. The van der Waals surface area contributed by atoms with Gasteiger partial charge >= 0.3 is 0 Å². The number of hydrogen-bond donors (Lipinski definition) is 1. The maximum atomic E-state index is 10.1. The molecule has 0 fully saturated rings. The van der Waals surface area contributed by atoms with Gasteiger partial charge in [-0.3, -0.25) is 0 Å². The van der Waals surface area contributed by atoms with Gasteiger partial charge in [-0.15, -0.1) is 0 Å². The van der Waals surface area contributed by atoms with E-state index in [1.165, 1.54) is 11.3 Å². The molecule has 2 nitrogen and oxygen atoms in total. The fourth-order valence-corrected chi connectivity index (χ4v) is 2.27. The summed E-state index contributed by atoms with van der Waals surface area (Å²) in [7, 11) is 0. The van der Waals surface area contributed by atoms with Gasteiger partial charge in [0.05, 0.1) is 6.10 Å². The smallest absolute Gasteiger partial charge is 0.0807 e. The largest absolute Gasteiger partial charge is 0.388 e. The van der Waals surface area contributed by atoms with E-state index in [2.05, 4.69) is 24.0 Å². The number of rotatable bonds is 3. The maximum Gasteiger partial charge on any atom is 0.0807 e. The van der Waals surface area contributed by atoms with Crippen LogP contribution in [0.25, 0.3) is 0 Å². The molecule has 0 saturated carbocycles. The van der Waals surface area contributed by atoms with Crippen LogP contribution in [0.3, 0.4) is 0 Å². The van der Waals surface area contributed by atoms with Crippen molar-refractivity contribution < 1.29 is 5.11 Å². The molecule has 0 unspecified atom stereocenters. The minimum atomic E-state index is -0.349. The molecule has 1 aliphatic heterocycles. The highest BCUT2D eigenvalue weighted by Gasteiger charge is 2.16. The quantitative estimate of drug-likeness (QED) is 0.807. The lowest BCUT2D eigenvalue weighted by Gasteiger charge is -2.30. The zero-order valence-corrected chi connectivity index (χ0v) is 10.7. The van der Waals surface area contributed by atoms with Crippen molar-refractivity contribution in [3.05, 3.63) is 41.5 Å². The van der Waals surface area contributed by atoms with E-state index < -0.39 is 0 Å². The van der Waals surface area contributed by atoms with E-state index in [0.29, 0.717) is 0 Å². The van der Waals surface area contributed by atoms with E-state index in [1.807, 2.05) is 25.1 Å². The van der Waals surface area contributed by atoms with E-state index in [1.54, 1.807) is 0 Å². The average molecular weight is 231 g/mol. The number of nitrogens with zero attached hydrogens (tertiary/aromatic N) is 1. The molecule has 0 radical (unpaired) electrons. The van der Waals surface area contributed by atoms with Gasteiger partial charge in [-0.1, -0.05) is 36.8 Å². The lowest BCUT2D eigenvalue weighted by atomic mass is 10.0. The molecule has 1 aliphatic rings. The zero-order valence-electron chi connectivity index (χ0n) is 10.7. The number of hydrogen-bond acceptors (Lipinski definition) is 2. The molecule has 0 saturated heterocycles. The molecule has 2 rings (SSSR count). The van der Waals surface area contributed by atoms with Gasteiger partial charge < -0.3 is 10.0 Å². The van der Waals surface area contributed by atoms with Gasteiger partial charge in [0, 0.05) is 24.3 Å². The first-order valence-corrected chi connectivity index (χ1v) is 6.40. The third-order valence-corrected chi connectivity index (χ3v) is 3.46. The Morgan fingerprint density at radius 3 is 2.76 bits per heavy atom. The summed E-state index contributed by atoms with van der Waals surface area (Å²) in [5, 5.41) is 10.1. The summed E-state index contributed by atoms with van der Waals surface area (Å²) in [5.74, 6) is 0. The topological polar surface area (TPSA) is 23.5 Å². The summed E-state index contributed by atoms with van der Waals surface area (Å²) in [6, 6.07) is 8.20. The number of aliphatic hydroxyl groups is 1. The van der Waals surface area contributed by atoms with E-state index in [0.717, 1.165) is 31.5 Å². The fourth-order valence-electron chi connectivity index (χ4n) is 2.27. The van der Waals surface area contributed by atoms with E-state index in [-0.39, 0.29) is 6.10 Å². The Hall–Kier alpha value is -1.28. The summed E-state index contributed by atoms with van der Waals surface area (Å²) >= 11 is 0. The molecule has 2 heteroatoms. The van der Waals surface area contributed by atoms with Crippen LogP contribution in [0.2, 0.25) is 0 Å². The van der Waals surface area contributed by atoms with Crippen molar-refractivity contribution in [3.63, 3.8) is 0 Å². The number of para-hydroxylation sites is 1. The SMILES string of the molecule is CC[C@@H](O)c1ccccc1N1CC=C(C)CC1. The van der Waals surface area contributed by atoms with Crippen molar-refractivity contribution in [2.45, 2.75) is 32.8 Å². The molecular formula is C15H21NO. The summed E-state index contributed by atoms with van der Waals surface area (Å²) < 4.78 is 0. The lowest BCUT2D eigenvalue weighted by molar-refractivity contribution is 0.174. The Morgan fingerprint density at radius 1 is 1.35 bits per heavy atom. The molecule has 1 heterocycles. The first-order chi connectivity index (χ1) is 8.22. The third-order valence-electron chi connectivity index (χ3n) is 3.46. The van der Waals surface area contributed by atoms with Crippen LogP contribution < -0.4 is 4.90 Å². The van der Waals surface area contributed by atoms with Crippen LogP contribution in [-0.2, 0) is 0 Å². The van der Waals surface area contributed by atoms with E-state index in [4.69, 9.17) is 0 Å². The second-order valence-corrected chi connectivity index (χ2v) is 4.73. The van der Waals surface area contributed by atoms with Gasteiger partial charge in [-0.25, -0.2) is 0 Å². The highest BCUT2D eigenvalue weighted by atomic mass is 16.3. The van der Waals surface area contributed by atoms with Crippen LogP contribution in [0.1, 0.15) is 38.4 Å². The van der Waals surface area contributed by atoms with Gasteiger partial charge in [0.25, 0.3) is 0 Å². The summed E-state index contributed by atoms with van der Waals surface area (Å²) in [6.45, 7) is 6.21. The van der Waals surface area contributed by atoms with Crippen LogP contribution in [0.5, 0.6) is 0 Å². The van der Waals surface area contributed by atoms with Gasteiger partial charge in [0.1, 0.15) is 0 Å². The molecule has 0 bridgehead atoms. The van der Waals surface area contributed by atoms with Crippen molar-refractivity contribution in [2.24, 2.45) is 0 Å². The highest BCUT2D eigenvalue weighted by molar-refractivity contribution is 5.55. The minimum absolute atomic E-state index is 0.349. The molecular weight excluding hydrogens is 210 g/mol. The summed E-state index contributed by atoms with van der Waals surface area (Å²) in [5.41, 5.74) is 3.71. The molecule has 17 heavy (non-hydrogen) atoms. The maximum absolute atomic E-state index is 10.1. The Labute approximate surface area is 104 Å². The van der Waals surface area contributed by atoms with Crippen LogP contribution in [0.15, 0.2) is 35.9 Å². The Morgan fingerprint density at radius 2 is 2.12 bits per heavy atom. The predicted molar refractivity (Wildman–Crippen MR) is 72.3 cm³/mol. The van der Waals surface area contributed by atoms with Crippen LogP contribution >= 0.6 is 0 Å². The van der Waals surface area contributed by atoms with E-state index >= 15 is 0 Å². The molecule has 1 atom stereocenters. The second kappa shape index (κ2) is 5.37. The van der Waals surface area contributed by atoms with Crippen LogP contribution in [-0.4, -0.2) is 18.2 Å². The molecule has 92 valence electrons. The Balaban J connectivity index is 2.26. The molecule has 1 aromatic rings. The van der Waals surface area contributed by atoms with Crippen molar-refractivity contribution in [2.75, 3.05) is 18.0 Å². The average Bonchev–Trinajstić information content (AvgIpc) is 2.39. The van der Waals surface area contributed by atoms with Gasteiger partial charge in [0.2, 0.25) is 0 Å². The standard InChI is InChI=1S/C15H21NO/c1-3-15(17)13-6-4-5-7-14(13)16-10-8-12(2)9-11-16/h4-8,15,17H,3,9-11H2,1-2H3/t15-/m1/s1. The highest BCUT2D eigenvalue weighted by Crippen LogP contribution is 2.29. The number of aliphatic hydroxyl groups excluding tert-OH is 1. The number of anilines is 1. The summed E-state index contributed by atoms with van der Waals surface area (Å²) in [6.07, 6.45) is 3.81. The Kier molecular flexibility index (Phi) is 3.85. The van der Waals surface area contributed by atoms with Gasteiger partial charge in [-0.2, -0.15) is 0 Å². The van der Waals surface area contributed by atoms with Crippen molar-refractivity contribution in [1.82, 2.24) is 0 Å². The fraction of sp³-hybridized carbons (Fsp3) is 0.467. The van der Waals surface area contributed by atoms with Crippen LogP contribution in [0.4, 0.5) is 5.69 Å². The minimum Gasteiger partial charge on any atom is -0.388 e. The second-order valence-electron chi connectivity index (χ2n) is 4.73. The Bertz CT molecular complexity index is 411. The molecule has 0 spiro atoms. The first kappa shape index (κ1) is 12.2. The monoisotopic (exact) mass is 231 g/mol. The molecule has 0 amide bonds. The van der Waals surface area contributed by atoms with Crippen molar-refractivity contribution in [3.8, 4) is 0 Å². The van der Waals surface area contributed by atoms with Gasteiger partial charge in [-0.05, 0) is 25.8 Å². The third kappa shape index (κ3) is 2.70. The molecule has 0 aliphatic carbocycles. The zero-order chi connectivity index (χ0) is 12.3. The van der Waals surface area contributed by atoms with Crippen molar-refractivity contribution >= 4 is 5.69 Å². The normalized spacial score (nSPS) is 17.8. The first-order valence-electron chi connectivity index (χ1n) is 6.40. The van der Waals surface area contributed by atoms with Crippen molar-refractivity contribution in [1.29, 1.82) is 0 Å². The van der Waals surface area contributed by atoms with Crippen LogP contribution in [0, 0.1) is 0 Å².